The second-order valence-corrected chi connectivity index (χ2v) is 9.50. The van der Waals surface area contributed by atoms with Crippen LogP contribution in [-0.4, -0.2) is 37.0 Å². The third kappa shape index (κ3) is 3.32. The molecule has 3 atom stereocenters. The first-order valence-electron chi connectivity index (χ1n) is 10.6. The van der Waals surface area contributed by atoms with Gasteiger partial charge in [0, 0.05) is 24.7 Å². The zero-order valence-corrected chi connectivity index (χ0v) is 17.5. The predicted octanol–water partition coefficient (Wildman–Crippen LogP) is 3.30. The first-order chi connectivity index (χ1) is 13.7. The number of nitrogens with zero attached hydrogens (tertiary/aromatic N) is 1. The van der Waals surface area contributed by atoms with Crippen molar-refractivity contribution >= 4 is 23.5 Å². The lowest BCUT2D eigenvalue weighted by molar-refractivity contribution is -0.126. The molecular formula is C23H30N2O4. The molecular weight excluding hydrogens is 368 g/mol. The van der Waals surface area contributed by atoms with Crippen LogP contribution in [0.5, 0.6) is 0 Å². The maximum Gasteiger partial charge on any atom is 0.338 e. The highest BCUT2D eigenvalue weighted by Crippen LogP contribution is 2.65. The molecule has 1 saturated heterocycles. The van der Waals surface area contributed by atoms with Gasteiger partial charge in [-0.3, -0.25) is 9.59 Å². The monoisotopic (exact) mass is 398 g/mol. The fourth-order valence-corrected chi connectivity index (χ4v) is 5.57. The fraction of sp³-hybridized carbons (Fsp3) is 0.609. The molecule has 3 unspecified atom stereocenters. The Hall–Kier alpha value is -2.37. The largest absolute Gasteiger partial charge is 0.452 e. The number of nitrogens with one attached hydrogen (secondary N) is 1. The second-order valence-electron chi connectivity index (χ2n) is 9.50. The number of benzene rings is 1. The summed E-state index contributed by atoms with van der Waals surface area (Å²) in [7, 11) is 0. The van der Waals surface area contributed by atoms with E-state index < -0.39 is 5.97 Å². The van der Waals surface area contributed by atoms with E-state index in [0.717, 1.165) is 24.9 Å². The molecule has 1 heterocycles. The van der Waals surface area contributed by atoms with Gasteiger partial charge in [-0.15, -0.1) is 0 Å². The van der Waals surface area contributed by atoms with E-state index in [1.54, 1.807) is 29.2 Å². The lowest BCUT2D eigenvalue weighted by Crippen LogP contribution is -2.48. The van der Waals surface area contributed by atoms with Crippen molar-refractivity contribution in [2.75, 3.05) is 18.1 Å². The summed E-state index contributed by atoms with van der Waals surface area (Å²) in [6.07, 6.45) is 4.78. The molecule has 2 amide bonds. The predicted molar refractivity (Wildman–Crippen MR) is 109 cm³/mol. The normalized spacial score (nSPS) is 29.9. The SMILES string of the molecule is CC1(C)C2CCC1(C)C(NC(=O)COC(=O)c1ccc(N3CCCC3=O)cc1)C2. The molecule has 1 aromatic rings. The minimum Gasteiger partial charge on any atom is -0.452 e. The Bertz CT molecular complexity index is 832. The molecule has 0 radical (unpaired) electrons. The van der Waals surface area contributed by atoms with Crippen molar-refractivity contribution in [1.29, 1.82) is 0 Å². The van der Waals surface area contributed by atoms with Gasteiger partial charge in [-0.25, -0.2) is 4.79 Å². The van der Waals surface area contributed by atoms with Crippen molar-refractivity contribution in [3.63, 3.8) is 0 Å². The highest BCUT2D eigenvalue weighted by atomic mass is 16.5. The molecule has 3 fully saturated rings. The summed E-state index contributed by atoms with van der Waals surface area (Å²) >= 11 is 0. The Balaban J connectivity index is 1.30. The maximum atomic E-state index is 12.4. The molecule has 3 aliphatic rings. The van der Waals surface area contributed by atoms with Gasteiger partial charge in [0.25, 0.3) is 5.91 Å². The maximum absolute atomic E-state index is 12.4. The van der Waals surface area contributed by atoms with Crippen molar-refractivity contribution in [3.05, 3.63) is 29.8 Å². The smallest absolute Gasteiger partial charge is 0.338 e. The van der Waals surface area contributed by atoms with Crippen LogP contribution >= 0.6 is 0 Å². The zero-order valence-electron chi connectivity index (χ0n) is 17.5. The summed E-state index contributed by atoms with van der Waals surface area (Å²) in [6, 6.07) is 6.91. The van der Waals surface area contributed by atoms with Crippen LogP contribution in [0.2, 0.25) is 0 Å². The Labute approximate surface area is 172 Å². The van der Waals surface area contributed by atoms with Gasteiger partial charge in [0.15, 0.2) is 6.61 Å². The van der Waals surface area contributed by atoms with Crippen LogP contribution in [0.25, 0.3) is 0 Å². The summed E-state index contributed by atoms with van der Waals surface area (Å²) in [6.45, 7) is 7.31. The van der Waals surface area contributed by atoms with Crippen LogP contribution in [0, 0.1) is 16.7 Å². The lowest BCUT2D eigenvalue weighted by Gasteiger charge is -2.39. The molecule has 4 rings (SSSR count). The molecule has 2 aliphatic carbocycles. The van der Waals surface area contributed by atoms with E-state index in [1.807, 2.05) is 0 Å². The molecule has 1 aromatic carbocycles. The average molecular weight is 399 g/mol. The number of amides is 2. The van der Waals surface area contributed by atoms with Crippen molar-refractivity contribution < 1.29 is 19.1 Å². The second kappa shape index (κ2) is 7.15. The van der Waals surface area contributed by atoms with Gasteiger partial charge >= 0.3 is 5.97 Å². The number of rotatable bonds is 5. The van der Waals surface area contributed by atoms with E-state index in [-0.39, 0.29) is 35.3 Å². The fourth-order valence-electron chi connectivity index (χ4n) is 5.57. The van der Waals surface area contributed by atoms with E-state index in [4.69, 9.17) is 4.74 Å². The van der Waals surface area contributed by atoms with Crippen LogP contribution in [0.3, 0.4) is 0 Å². The first kappa shape index (κ1) is 19.9. The number of anilines is 1. The molecule has 29 heavy (non-hydrogen) atoms. The average Bonchev–Trinajstić information content (AvgIpc) is 3.27. The number of hydrogen-bond acceptors (Lipinski definition) is 4. The molecule has 6 heteroatoms. The molecule has 0 aromatic heterocycles. The summed E-state index contributed by atoms with van der Waals surface area (Å²) in [5, 5.41) is 3.10. The molecule has 156 valence electrons. The van der Waals surface area contributed by atoms with Crippen molar-refractivity contribution in [3.8, 4) is 0 Å². The van der Waals surface area contributed by atoms with Gasteiger partial charge in [0.2, 0.25) is 5.91 Å². The molecule has 2 saturated carbocycles. The van der Waals surface area contributed by atoms with E-state index in [1.165, 1.54) is 6.42 Å². The van der Waals surface area contributed by atoms with Crippen LogP contribution in [0.4, 0.5) is 5.69 Å². The summed E-state index contributed by atoms with van der Waals surface area (Å²) in [4.78, 5) is 38.2. The van der Waals surface area contributed by atoms with Crippen LogP contribution in [-0.2, 0) is 14.3 Å². The molecule has 6 nitrogen and oxygen atoms in total. The summed E-state index contributed by atoms with van der Waals surface area (Å²) < 4.78 is 5.22. The third-order valence-electron chi connectivity index (χ3n) is 7.95. The van der Waals surface area contributed by atoms with Gasteiger partial charge in [-0.05, 0) is 66.7 Å². The number of ether oxygens (including phenoxy) is 1. The Kier molecular flexibility index (Phi) is 4.91. The Morgan fingerprint density at radius 1 is 1.21 bits per heavy atom. The minimum absolute atomic E-state index is 0.0974. The van der Waals surface area contributed by atoms with E-state index in [2.05, 4.69) is 26.1 Å². The van der Waals surface area contributed by atoms with Crippen molar-refractivity contribution in [2.24, 2.45) is 16.7 Å². The number of carbonyl (C=O) groups excluding carboxylic acids is 3. The third-order valence-corrected chi connectivity index (χ3v) is 7.95. The van der Waals surface area contributed by atoms with Gasteiger partial charge < -0.3 is 15.0 Å². The number of carbonyl (C=O) groups is 3. The van der Waals surface area contributed by atoms with Crippen LogP contribution in [0.1, 0.15) is 63.2 Å². The van der Waals surface area contributed by atoms with Crippen LogP contribution < -0.4 is 10.2 Å². The van der Waals surface area contributed by atoms with Gasteiger partial charge in [0.1, 0.15) is 0 Å². The summed E-state index contributed by atoms with van der Waals surface area (Å²) in [5.74, 6) is -0.0259. The first-order valence-corrected chi connectivity index (χ1v) is 10.6. The topological polar surface area (TPSA) is 75.7 Å². The molecule has 1 aliphatic heterocycles. The zero-order chi connectivity index (χ0) is 20.8. The Morgan fingerprint density at radius 2 is 1.93 bits per heavy atom. The standard InChI is InChI=1S/C23H30N2O4/c1-22(2)16-10-11-23(22,3)18(13-16)24-19(26)14-29-21(28)15-6-8-17(9-7-15)25-12-4-5-20(25)27/h6-9,16,18H,4-5,10-14H2,1-3H3,(H,24,26). The molecule has 1 N–H and O–H groups in total. The molecule has 2 bridgehead atoms. The van der Waals surface area contributed by atoms with E-state index >= 15 is 0 Å². The van der Waals surface area contributed by atoms with E-state index in [9.17, 15) is 14.4 Å². The number of fused-ring (bicyclic) bond motifs is 2. The minimum atomic E-state index is -0.529. The number of esters is 1. The van der Waals surface area contributed by atoms with Gasteiger partial charge in [-0.1, -0.05) is 20.8 Å². The highest BCUT2D eigenvalue weighted by Gasteiger charge is 2.61. The summed E-state index contributed by atoms with van der Waals surface area (Å²) in [5.41, 5.74) is 1.48. The Morgan fingerprint density at radius 3 is 2.48 bits per heavy atom. The van der Waals surface area contributed by atoms with Crippen molar-refractivity contribution in [2.45, 2.75) is 58.9 Å². The quantitative estimate of drug-likeness (QED) is 0.772. The lowest BCUT2D eigenvalue weighted by atomic mass is 9.69. The van der Waals surface area contributed by atoms with Crippen LogP contribution in [0.15, 0.2) is 24.3 Å². The molecule has 0 spiro atoms. The number of hydrogen-bond donors (Lipinski definition) is 1. The van der Waals surface area contributed by atoms with Gasteiger partial charge in [0.05, 0.1) is 5.56 Å². The van der Waals surface area contributed by atoms with E-state index in [0.29, 0.717) is 24.4 Å². The highest BCUT2D eigenvalue weighted by molar-refractivity contribution is 5.96. The van der Waals surface area contributed by atoms with Gasteiger partial charge in [-0.2, -0.15) is 0 Å². The van der Waals surface area contributed by atoms with Crippen molar-refractivity contribution in [1.82, 2.24) is 5.32 Å².